The Labute approximate surface area is 210 Å². The summed E-state index contributed by atoms with van der Waals surface area (Å²) in [4.78, 5) is 15.1. The third-order valence-electron chi connectivity index (χ3n) is 5.95. The van der Waals surface area contributed by atoms with Crippen molar-refractivity contribution in [3.05, 3.63) is 64.3 Å². The Kier molecular flexibility index (Phi) is 7.81. The second kappa shape index (κ2) is 10.8. The number of anilines is 1. The summed E-state index contributed by atoms with van der Waals surface area (Å²) in [5.74, 6) is -0.00624. The maximum Gasteiger partial charge on any atom is 0.416 e. The minimum atomic E-state index is -4.53. The number of amides is 1. The maximum absolute atomic E-state index is 13.0. The van der Waals surface area contributed by atoms with Gasteiger partial charge in [0.15, 0.2) is 0 Å². The largest absolute Gasteiger partial charge is 0.492 e. The number of nitrogens with zero attached hydrogens (tertiary/aromatic N) is 3. The molecule has 1 fully saturated rings. The van der Waals surface area contributed by atoms with Crippen molar-refractivity contribution in [2.24, 2.45) is 7.05 Å². The van der Waals surface area contributed by atoms with Crippen LogP contribution in [0.1, 0.15) is 35.2 Å². The molecule has 4 rings (SSSR count). The number of hydrogen-bond acceptors (Lipinski definition) is 4. The molecule has 10 heteroatoms. The quantitative estimate of drug-likeness (QED) is 0.392. The second-order valence-electron chi connectivity index (χ2n) is 8.46. The topological polar surface area (TPSA) is 59.4 Å². The summed E-state index contributed by atoms with van der Waals surface area (Å²) in [5.41, 5.74) is 0.941. The van der Waals surface area contributed by atoms with E-state index in [0.29, 0.717) is 23.6 Å². The van der Waals surface area contributed by atoms with Crippen molar-refractivity contribution in [1.82, 2.24) is 14.7 Å². The lowest BCUT2D eigenvalue weighted by Gasteiger charge is -2.26. The van der Waals surface area contributed by atoms with Gasteiger partial charge < -0.3 is 10.1 Å². The molecule has 0 spiro atoms. The van der Waals surface area contributed by atoms with Crippen LogP contribution in [-0.2, 0) is 13.2 Å². The number of halogens is 4. The maximum atomic E-state index is 13.0. The number of aryl methyl sites for hydroxylation is 1. The van der Waals surface area contributed by atoms with Crippen LogP contribution in [0.2, 0.25) is 0 Å². The first-order chi connectivity index (χ1) is 16.7. The van der Waals surface area contributed by atoms with E-state index in [9.17, 15) is 18.0 Å². The number of nitrogens with one attached hydrogen (secondary N) is 1. The van der Waals surface area contributed by atoms with Crippen molar-refractivity contribution in [2.45, 2.75) is 25.4 Å². The van der Waals surface area contributed by atoms with Crippen LogP contribution in [0.25, 0.3) is 11.3 Å². The standard InChI is InChI=1S/C25H26BrF3N4O2/c1-32-23(21(26)16-30-32)20-15-19(8-9-22(20)35-13-12-33-10-3-2-4-11-33)31-24(34)17-6-5-7-18(14-17)25(27,28)29/h5-9,14-16H,2-4,10-13H2,1H3,(H,31,34). The van der Waals surface area contributed by atoms with Crippen LogP contribution in [0, 0.1) is 0 Å². The summed E-state index contributed by atoms with van der Waals surface area (Å²) in [6, 6.07) is 9.51. The van der Waals surface area contributed by atoms with Gasteiger partial charge in [0.25, 0.3) is 5.91 Å². The first-order valence-electron chi connectivity index (χ1n) is 11.4. The van der Waals surface area contributed by atoms with Crippen LogP contribution in [0.4, 0.5) is 18.9 Å². The fourth-order valence-electron chi connectivity index (χ4n) is 4.14. The van der Waals surface area contributed by atoms with Crippen molar-refractivity contribution in [3.63, 3.8) is 0 Å². The summed E-state index contributed by atoms with van der Waals surface area (Å²) in [5, 5.41) is 6.97. The van der Waals surface area contributed by atoms with E-state index >= 15 is 0 Å². The highest BCUT2D eigenvalue weighted by molar-refractivity contribution is 9.10. The monoisotopic (exact) mass is 550 g/mol. The van der Waals surface area contributed by atoms with Gasteiger partial charge in [-0.2, -0.15) is 18.3 Å². The molecule has 1 amide bonds. The predicted molar refractivity (Wildman–Crippen MR) is 132 cm³/mol. The third kappa shape index (κ3) is 6.24. The van der Waals surface area contributed by atoms with E-state index in [0.717, 1.165) is 41.9 Å². The third-order valence-corrected chi connectivity index (χ3v) is 6.53. The van der Waals surface area contributed by atoms with E-state index in [-0.39, 0.29) is 5.56 Å². The molecule has 2 aromatic carbocycles. The fraction of sp³-hybridized carbons (Fsp3) is 0.360. The van der Waals surface area contributed by atoms with Crippen LogP contribution in [-0.4, -0.2) is 46.8 Å². The lowest BCUT2D eigenvalue weighted by Crippen LogP contribution is -2.33. The number of carbonyl (C=O) groups is 1. The Hall–Kier alpha value is -2.85. The van der Waals surface area contributed by atoms with Gasteiger partial charge in [0, 0.05) is 30.4 Å². The first-order valence-corrected chi connectivity index (χ1v) is 12.2. The Morgan fingerprint density at radius 1 is 1.14 bits per heavy atom. The molecule has 0 radical (unpaired) electrons. The number of ether oxygens (including phenoxy) is 1. The van der Waals surface area contributed by atoms with Gasteiger partial charge in [0.05, 0.1) is 21.9 Å². The molecule has 1 saturated heterocycles. The molecule has 2 heterocycles. The summed E-state index contributed by atoms with van der Waals surface area (Å²) in [7, 11) is 1.80. The SMILES string of the molecule is Cn1ncc(Br)c1-c1cc(NC(=O)c2cccc(C(F)(F)F)c2)ccc1OCCN1CCCCC1. The minimum absolute atomic E-state index is 0.0788. The van der Waals surface area contributed by atoms with Crippen molar-refractivity contribution in [2.75, 3.05) is 31.6 Å². The molecule has 1 aromatic heterocycles. The number of likely N-dealkylation sites (tertiary alicyclic amines) is 1. The molecule has 0 aliphatic carbocycles. The number of hydrogen-bond donors (Lipinski definition) is 1. The van der Waals surface area contributed by atoms with Gasteiger partial charge in [-0.1, -0.05) is 12.5 Å². The number of aromatic nitrogens is 2. The smallest absolute Gasteiger partial charge is 0.416 e. The summed E-state index contributed by atoms with van der Waals surface area (Å²) < 4.78 is 47.7. The number of rotatable bonds is 7. The highest BCUT2D eigenvalue weighted by Crippen LogP contribution is 2.37. The van der Waals surface area contributed by atoms with Gasteiger partial charge in [0.1, 0.15) is 12.4 Å². The lowest BCUT2D eigenvalue weighted by atomic mass is 10.1. The molecule has 0 saturated carbocycles. The second-order valence-corrected chi connectivity index (χ2v) is 9.31. The summed E-state index contributed by atoms with van der Waals surface area (Å²) in [6.07, 6.45) is 0.813. The molecule has 0 atom stereocenters. The average Bonchev–Trinajstić information content (AvgIpc) is 3.17. The molecular formula is C25H26BrF3N4O2. The Balaban J connectivity index is 1.56. The van der Waals surface area contributed by atoms with Crippen molar-refractivity contribution in [3.8, 4) is 17.0 Å². The normalized spacial score (nSPS) is 14.7. The van der Waals surface area contributed by atoms with Crippen molar-refractivity contribution < 1.29 is 22.7 Å². The number of alkyl halides is 3. The molecule has 0 bridgehead atoms. The minimum Gasteiger partial charge on any atom is -0.492 e. The van der Waals surface area contributed by atoms with E-state index in [1.807, 2.05) is 0 Å². The summed E-state index contributed by atoms with van der Waals surface area (Å²) in [6.45, 7) is 3.48. The average molecular weight is 551 g/mol. The molecule has 1 aliphatic heterocycles. The van der Waals surface area contributed by atoms with Gasteiger partial charge in [-0.05, 0) is 78.3 Å². The van der Waals surface area contributed by atoms with E-state index in [2.05, 4.69) is 31.2 Å². The van der Waals surface area contributed by atoms with E-state index in [4.69, 9.17) is 4.74 Å². The summed E-state index contributed by atoms with van der Waals surface area (Å²) >= 11 is 3.52. The molecule has 1 N–H and O–H groups in total. The van der Waals surface area contributed by atoms with E-state index in [1.165, 1.54) is 31.4 Å². The Bertz CT molecular complexity index is 1170. The zero-order valence-electron chi connectivity index (χ0n) is 19.2. The first kappa shape index (κ1) is 25.2. The molecule has 3 aromatic rings. The number of benzene rings is 2. The van der Waals surface area contributed by atoms with E-state index in [1.54, 1.807) is 36.1 Å². The number of piperidine rings is 1. The zero-order chi connectivity index (χ0) is 25.0. The van der Waals surface area contributed by atoms with Crippen molar-refractivity contribution >= 4 is 27.5 Å². The van der Waals surface area contributed by atoms with Gasteiger partial charge in [-0.3, -0.25) is 14.4 Å². The molecule has 0 unspecified atom stereocenters. The fourth-order valence-corrected chi connectivity index (χ4v) is 4.70. The zero-order valence-corrected chi connectivity index (χ0v) is 20.8. The Morgan fingerprint density at radius 3 is 2.60 bits per heavy atom. The highest BCUT2D eigenvalue weighted by atomic mass is 79.9. The molecule has 1 aliphatic rings. The molecule has 35 heavy (non-hydrogen) atoms. The van der Waals surface area contributed by atoms with Crippen LogP contribution < -0.4 is 10.1 Å². The van der Waals surface area contributed by atoms with Gasteiger partial charge in [-0.25, -0.2) is 0 Å². The van der Waals surface area contributed by atoms with Gasteiger partial charge >= 0.3 is 6.18 Å². The van der Waals surface area contributed by atoms with Crippen molar-refractivity contribution in [1.29, 1.82) is 0 Å². The molecule has 6 nitrogen and oxygen atoms in total. The Morgan fingerprint density at radius 2 is 1.91 bits per heavy atom. The molecular weight excluding hydrogens is 525 g/mol. The van der Waals surface area contributed by atoms with Crippen LogP contribution in [0.5, 0.6) is 5.75 Å². The lowest BCUT2D eigenvalue weighted by molar-refractivity contribution is -0.137. The van der Waals surface area contributed by atoms with Crippen LogP contribution in [0.15, 0.2) is 53.1 Å². The van der Waals surface area contributed by atoms with Crippen LogP contribution in [0.3, 0.4) is 0 Å². The molecule has 186 valence electrons. The number of carbonyl (C=O) groups excluding carboxylic acids is 1. The van der Waals surface area contributed by atoms with Gasteiger partial charge in [-0.15, -0.1) is 0 Å². The van der Waals surface area contributed by atoms with E-state index < -0.39 is 17.6 Å². The van der Waals surface area contributed by atoms with Crippen LogP contribution >= 0.6 is 15.9 Å². The van der Waals surface area contributed by atoms with Gasteiger partial charge in [0.2, 0.25) is 0 Å². The highest BCUT2D eigenvalue weighted by Gasteiger charge is 2.31. The predicted octanol–water partition coefficient (Wildman–Crippen LogP) is 5.99.